The largest absolute Gasteiger partial charge is 0.497 e. The Morgan fingerprint density at radius 3 is 2.61 bits per heavy atom. The number of hydrogen-bond acceptors (Lipinski definition) is 2. The standard InChI is InChI=1S/C25H23NO2/c1-3-7-17-8-4-5-9-19(17)15-23-22-13-12-20(16-24(22)26-25(23)27)18-10-6-11-21(14-18)28-2/h4-6,8-16H,3,7H2,1-2H3,(H,26,27)/b23-15+. The normalized spacial score (nSPS) is 14.1. The van der Waals surface area contributed by atoms with E-state index in [4.69, 9.17) is 4.74 Å². The van der Waals surface area contributed by atoms with Gasteiger partial charge in [0.1, 0.15) is 5.75 Å². The summed E-state index contributed by atoms with van der Waals surface area (Å²) in [6.45, 7) is 2.17. The number of aryl methyl sites for hydroxylation is 1. The van der Waals surface area contributed by atoms with Crippen molar-refractivity contribution in [1.29, 1.82) is 0 Å². The van der Waals surface area contributed by atoms with Crippen molar-refractivity contribution in [2.75, 3.05) is 12.4 Å². The molecule has 3 nitrogen and oxygen atoms in total. The van der Waals surface area contributed by atoms with Gasteiger partial charge in [-0.05, 0) is 52.9 Å². The molecule has 1 aliphatic rings. The number of rotatable bonds is 5. The first-order chi connectivity index (χ1) is 13.7. The Hall–Kier alpha value is -3.33. The number of ether oxygens (including phenoxy) is 1. The van der Waals surface area contributed by atoms with Crippen LogP contribution in [-0.2, 0) is 11.2 Å². The average Bonchev–Trinajstić information content (AvgIpc) is 3.04. The molecule has 28 heavy (non-hydrogen) atoms. The average molecular weight is 369 g/mol. The maximum atomic E-state index is 12.7. The van der Waals surface area contributed by atoms with Crippen LogP contribution >= 0.6 is 0 Å². The van der Waals surface area contributed by atoms with Crippen molar-refractivity contribution >= 4 is 23.2 Å². The summed E-state index contributed by atoms with van der Waals surface area (Å²) in [7, 11) is 1.66. The van der Waals surface area contributed by atoms with Crippen molar-refractivity contribution < 1.29 is 9.53 Å². The van der Waals surface area contributed by atoms with Gasteiger partial charge in [-0.1, -0.05) is 61.9 Å². The second kappa shape index (κ2) is 7.73. The zero-order valence-electron chi connectivity index (χ0n) is 16.2. The highest BCUT2D eigenvalue weighted by Crippen LogP contribution is 2.37. The van der Waals surface area contributed by atoms with Crippen LogP contribution in [0.4, 0.5) is 5.69 Å². The summed E-state index contributed by atoms with van der Waals surface area (Å²) >= 11 is 0. The van der Waals surface area contributed by atoms with Gasteiger partial charge in [-0.2, -0.15) is 0 Å². The van der Waals surface area contributed by atoms with Crippen molar-refractivity contribution in [3.63, 3.8) is 0 Å². The van der Waals surface area contributed by atoms with Crippen LogP contribution in [0.2, 0.25) is 0 Å². The quantitative estimate of drug-likeness (QED) is 0.577. The van der Waals surface area contributed by atoms with Gasteiger partial charge in [0, 0.05) is 16.8 Å². The van der Waals surface area contributed by atoms with Crippen LogP contribution in [0.5, 0.6) is 5.75 Å². The molecule has 0 unspecified atom stereocenters. The van der Waals surface area contributed by atoms with Crippen LogP contribution in [-0.4, -0.2) is 13.0 Å². The molecule has 0 radical (unpaired) electrons. The van der Waals surface area contributed by atoms with E-state index >= 15 is 0 Å². The van der Waals surface area contributed by atoms with Gasteiger partial charge >= 0.3 is 0 Å². The molecule has 3 heteroatoms. The Labute approximate surface area is 165 Å². The molecular weight excluding hydrogens is 346 g/mol. The molecule has 1 heterocycles. The minimum absolute atomic E-state index is 0.0518. The number of carbonyl (C=O) groups excluding carboxylic acids is 1. The van der Waals surface area contributed by atoms with Crippen LogP contribution in [0.1, 0.15) is 30.0 Å². The maximum Gasteiger partial charge on any atom is 0.256 e. The molecular formula is C25H23NO2. The number of fused-ring (bicyclic) bond motifs is 1. The summed E-state index contributed by atoms with van der Waals surface area (Å²) < 4.78 is 5.32. The smallest absolute Gasteiger partial charge is 0.256 e. The number of hydrogen-bond donors (Lipinski definition) is 1. The van der Waals surface area contributed by atoms with Gasteiger partial charge in [0.25, 0.3) is 5.91 Å². The van der Waals surface area contributed by atoms with E-state index in [0.29, 0.717) is 0 Å². The molecule has 0 atom stereocenters. The maximum absolute atomic E-state index is 12.7. The Balaban J connectivity index is 1.73. The lowest BCUT2D eigenvalue weighted by atomic mass is 9.97. The first-order valence-corrected chi connectivity index (χ1v) is 9.59. The first kappa shape index (κ1) is 18.1. The third-order valence-electron chi connectivity index (χ3n) is 5.08. The highest BCUT2D eigenvalue weighted by Gasteiger charge is 2.24. The molecule has 0 saturated carbocycles. The minimum Gasteiger partial charge on any atom is -0.497 e. The fourth-order valence-electron chi connectivity index (χ4n) is 3.65. The summed E-state index contributed by atoms with van der Waals surface area (Å²) in [4.78, 5) is 12.7. The zero-order valence-corrected chi connectivity index (χ0v) is 16.2. The molecule has 0 aromatic heterocycles. The number of benzene rings is 3. The van der Waals surface area contributed by atoms with E-state index in [9.17, 15) is 4.79 Å². The number of nitrogens with one attached hydrogen (secondary N) is 1. The number of carbonyl (C=O) groups is 1. The lowest BCUT2D eigenvalue weighted by Gasteiger charge is -2.07. The summed E-state index contributed by atoms with van der Waals surface area (Å²) in [5.74, 6) is 0.763. The van der Waals surface area contributed by atoms with Gasteiger partial charge in [-0.25, -0.2) is 0 Å². The van der Waals surface area contributed by atoms with Crippen molar-refractivity contribution in [3.05, 3.63) is 83.4 Å². The fraction of sp³-hybridized carbons (Fsp3) is 0.160. The van der Waals surface area contributed by atoms with E-state index in [2.05, 4.69) is 36.5 Å². The van der Waals surface area contributed by atoms with Crippen LogP contribution in [0, 0.1) is 0 Å². The van der Waals surface area contributed by atoms with Gasteiger partial charge < -0.3 is 10.1 Å². The van der Waals surface area contributed by atoms with E-state index in [-0.39, 0.29) is 5.91 Å². The number of anilines is 1. The molecule has 1 N–H and O–H groups in total. The van der Waals surface area contributed by atoms with E-state index < -0.39 is 0 Å². The lowest BCUT2D eigenvalue weighted by Crippen LogP contribution is -2.03. The van der Waals surface area contributed by atoms with E-state index in [1.54, 1.807) is 7.11 Å². The Bertz CT molecular complexity index is 1070. The first-order valence-electron chi connectivity index (χ1n) is 9.59. The Kier molecular flexibility index (Phi) is 4.98. The second-order valence-corrected chi connectivity index (χ2v) is 6.95. The van der Waals surface area contributed by atoms with E-state index in [1.165, 1.54) is 5.56 Å². The predicted octanol–water partition coefficient (Wildman–Crippen LogP) is 5.81. The molecule has 0 fully saturated rings. The van der Waals surface area contributed by atoms with Crippen LogP contribution in [0.3, 0.4) is 0 Å². The van der Waals surface area contributed by atoms with E-state index in [1.807, 2.05) is 48.5 Å². The lowest BCUT2D eigenvalue weighted by molar-refractivity contribution is -0.110. The highest BCUT2D eigenvalue weighted by atomic mass is 16.5. The summed E-state index contributed by atoms with van der Waals surface area (Å²) in [6.07, 6.45) is 4.09. The van der Waals surface area contributed by atoms with Crippen molar-refractivity contribution in [2.45, 2.75) is 19.8 Å². The molecule has 1 amide bonds. The van der Waals surface area contributed by atoms with Gasteiger partial charge in [-0.15, -0.1) is 0 Å². The SMILES string of the molecule is CCCc1ccccc1/C=C1/C(=O)Nc2cc(-c3cccc(OC)c3)ccc21. The molecule has 0 bridgehead atoms. The highest BCUT2D eigenvalue weighted by molar-refractivity contribution is 6.35. The third kappa shape index (κ3) is 3.44. The molecule has 4 rings (SSSR count). The van der Waals surface area contributed by atoms with Gasteiger partial charge in [0.2, 0.25) is 0 Å². The minimum atomic E-state index is -0.0518. The van der Waals surface area contributed by atoms with E-state index in [0.717, 1.165) is 52.1 Å². The topological polar surface area (TPSA) is 38.3 Å². The van der Waals surface area contributed by atoms with Gasteiger partial charge in [-0.3, -0.25) is 4.79 Å². The predicted molar refractivity (Wildman–Crippen MR) is 115 cm³/mol. The molecule has 0 aliphatic carbocycles. The Morgan fingerprint density at radius 1 is 0.964 bits per heavy atom. The van der Waals surface area contributed by atoms with Crippen molar-refractivity contribution in [3.8, 4) is 16.9 Å². The monoisotopic (exact) mass is 369 g/mol. The van der Waals surface area contributed by atoms with Gasteiger partial charge in [0.15, 0.2) is 0 Å². The van der Waals surface area contributed by atoms with Crippen LogP contribution in [0.25, 0.3) is 22.8 Å². The number of amides is 1. The summed E-state index contributed by atoms with van der Waals surface area (Å²) in [6, 6.07) is 22.3. The van der Waals surface area contributed by atoms with Crippen LogP contribution < -0.4 is 10.1 Å². The zero-order chi connectivity index (χ0) is 19.5. The fourth-order valence-corrected chi connectivity index (χ4v) is 3.65. The van der Waals surface area contributed by atoms with Gasteiger partial charge in [0.05, 0.1) is 7.11 Å². The molecule has 140 valence electrons. The van der Waals surface area contributed by atoms with Crippen LogP contribution in [0.15, 0.2) is 66.7 Å². The second-order valence-electron chi connectivity index (χ2n) is 6.95. The molecule has 0 saturated heterocycles. The van der Waals surface area contributed by atoms with Crippen molar-refractivity contribution in [1.82, 2.24) is 0 Å². The molecule has 3 aromatic carbocycles. The molecule has 3 aromatic rings. The summed E-state index contributed by atoms with van der Waals surface area (Å²) in [5, 5.41) is 3.02. The molecule has 1 aliphatic heterocycles. The van der Waals surface area contributed by atoms with Crippen molar-refractivity contribution in [2.24, 2.45) is 0 Å². The number of methoxy groups -OCH3 is 1. The third-order valence-corrected chi connectivity index (χ3v) is 5.08. The summed E-state index contributed by atoms with van der Waals surface area (Å²) in [5.41, 5.74) is 7.00. The molecule has 0 spiro atoms. The Morgan fingerprint density at radius 2 is 1.79 bits per heavy atom.